The number of fused-ring (bicyclic) bond motifs is 1. The van der Waals surface area contributed by atoms with E-state index in [9.17, 15) is 4.79 Å². The van der Waals surface area contributed by atoms with Crippen LogP contribution in [0.4, 0.5) is 10.5 Å². The number of nitrogens with one attached hydrogen (secondary N) is 1. The molecule has 2 heterocycles. The van der Waals surface area contributed by atoms with Crippen LogP contribution in [0.1, 0.15) is 11.1 Å². The molecule has 6 heteroatoms. The Morgan fingerprint density at radius 3 is 2.74 bits per heavy atom. The second kappa shape index (κ2) is 6.66. The van der Waals surface area contributed by atoms with Crippen molar-refractivity contribution < 1.29 is 9.53 Å². The lowest BCUT2D eigenvalue weighted by molar-refractivity contribution is 0.172. The van der Waals surface area contributed by atoms with Crippen molar-refractivity contribution in [2.75, 3.05) is 26.1 Å². The summed E-state index contributed by atoms with van der Waals surface area (Å²) in [4.78, 5) is 17.0. The first-order valence-corrected chi connectivity index (χ1v) is 7.54. The first-order chi connectivity index (χ1) is 11.1. The lowest BCUT2D eigenvalue weighted by Gasteiger charge is -2.30. The van der Waals surface area contributed by atoms with Gasteiger partial charge in [-0.05, 0) is 41.8 Å². The first kappa shape index (κ1) is 15.3. The summed E-state index contributed by atoms with van der Waals surface area (Å²) in [5.41, 5.74) is 6.87. The number of benzene rings is 1. The van der Waals surface area contributed by atoms with Crippen molar-refractivity contribution in [3.63, 3.8) is 0 Å². The molecule has 0 bridgehead atoms. The molecule has 0 atom stereocenters. The highest BCUT2D eigenvalue weighted by Crippen LogP contribution is 2.24. The van der Waals surface area contributed by atoms with Crippen molar-refractivity contribution in [3.05, 3.63) is 53.9 Å². The third-order valence-corrected chi connectivity index (χ3v) is 3.73. The largest absolute Gasteiger partial charge is 0.414 e. The Hall–Kier alpha value is -2.60. The zero-order chi connectivity index (χ0) is 16.2. The number of nitrogens with zero attached hydrogens (tertiary/aromatic N) is 3. The Morgan fingerprint density at radius 1 is 1.22 bits per heavy atom. The molecule has 0 saturated heterocycles. The fourth-order valence-corrected chi connectivity index (χ4v) is 2.49. The quantitative estimate of drug-likeness (QED) is 0.944. The predicted molar refractivity (Wildman–Crippen MR) is 88.1 cm³/mol. The normalized spacial score (nSPS) is 14.0. The molecule has 120 valence electrons. The molecule has 0 saturated carbocycles. The zero-order valence-electron chi connectivity index (χ0n) is 13.3. The van der Waals surface area contributed by atoms with Gasteiger partial charge in [0.05, 0.1) is 5.69 Å². The SMILES string of the molecule is CN(C)C(=O)Oc1ccc2c(c1)CCN(Nc1ccncc1)C2. The Bertz CT molecular complexity index is 688. The Morgan fingerprint density at radius 2 is 2.00 bits per heavy atom. The molecular weight excluding hydrogens is 292 g/mol. The molecule has 1 aliphatic rings. The van der Waals surface area contributed by atoms with Crippen LogP contribution >= 0.6 is 0 Å². The first-order valence-electron chi connectivity index (χ1n) is 7.54. The third-order valence-electron chi connectivity index (χ3n) is 3.73. The van der Waals surface area contributed by atoms with Crippen LogP contribution in [-0.2, 0) is 13.0 Å². The minimum Gasteiger partial charge on any atom is -0.410 e. The van der Waals surface area contributed by atoms with E-state index in [1.165, 1.54) is 16.0 Å². The molecule has 2 aromatic rings. The second-order valence-electron chi connectivity index (χ2n) is 5.71. The van der Waals surface area contributed by atoms with E-state index in [4.69, 9.17) is 4.74 Å². The number of ether oxygens (including phenoxy) is 1. The van der Waals surface area contributed by atoms with Crippen LogP contribution < -0.4 is 10.2 Å². The smallest absolute Gasteiger partial charge is 0.410 e. The Balaban J connectivity index is 1.66. The van der Waals surface area contributed by atoms with Gasteiger partial charge in [0.25, 0.3) is 0 Å². The molecule has 1 aliphatic heterocycles. The summed E-state index contributed by atoms with van der Waals surface area (Å²) >= 11 is 0. The van der Waals surface area contributed by atoms with Crippen LogP contribution in [0.3, 0.4) is 0 Å². The molecule has 0 spiro atoms. The van der Waals surface area contributed by atoms with Gasteiger partial charge in [0.2, 0.25) is 0 Å². The standard InChI is InChI=1S/C17H20N4O2/c1-20(2)17(22)23-16-4-3-14-12-21(10-7-13(14)11-16)19-15-5-8-18-9-6-15/h3-6,8-9,11H,7,10,12H2,1-2H3,(H,18,19). The van der Waals surface area contributed by atoms with Gasteiger partial charge in [-0.25, -0.2) is 9.80 Å². The van der Waals surface area contributed by atoms with Crippen molar-refractivity contribution >= 4 is 11.8 Å². The van der Waals surface area contributed by atoms with E-state index in [1.54, 1.807) is 26.5 Å². The molecule has 23 heavy (non-hydrogen) atoms. The van der Waals surface area contributed by atoms with Crippen molar-refractivity contribution in [1.29, 1.82) is 0 Å². The fraction of sp³-hybridized carbons (Fsp3) is 0.294. The zero-order valence-corrected chi connectivity index (χ0v) is 13.3. The van der Waals surface area contributed by atoms with E-state index >= 15 is 0 Å². The number of anilines is 1. The van der Waals surface area contributed by atoms with Crippen LogP contribution in [0.25, 0.3) is 0 Å². The van der Waals surface area contributed by atoms with E-state index < -0.39 is 0 Å². The van der Waals surface area contributed by atoms with E-state index in [0.29, 0.717) is 5.75 Å². The number of carbonyl (C=O) groups is 1. The number of rotatable bonds is 3. The van der Waals surface area contributed by atoms with Gasteiger partial charge < -0.3 is 15.1 Å². The van der Waals surface area contributed by atoms with E-state index in [2.05, 4.69) is 15.4 Å². The summed E-state index contributed by atoms with van der Waals surface area (Å²) in [7, 11) is 3.34. The average Bonchev–Trinajstić information content (AvgIpc) is 2.56. The number of hydrogen-bond acceptors (Lipinski definition) is 5. The minimum atomic E-state index is -0.360. The van der Waals surface area contributed by atoms with Gasteiger partial charge in [0.1, 0.15) is 5.75 Å². The second-order valence-corrected chi connectivity index (χ2v) is 5.71. The monoisotopic (exact) mass is 312 g/mol. The predicted octanol–water partition coefficient (Wildman–Crippen LogP) is 2.53. The molecule has 0 aliphatic carbocycles. The van der Waals surface area contributed by atoms with Gasteiger partial charge in [-0.1, -0.05) is 6.07 Å². The molecule has 0 fully saturated rings. The summed E-state index contributed by atoms with van der Waals surface area (Å²) in [6.07, 6.45) is 4.08. The van der Waals surface area contributed by atoms with Crippen molar-refractivity contribution in [2.24, 2.45) is 0 Å². The molecule has 0 radical (unpaired) electrons. The lowest BCUT2D eigenvalue weighted by Crippen LogP contribution is -2.35. The van der Waals surface area contributed by atoms with Crippen molar-refractivity contribution in [3.8, 4) is 5.75 Å². The number of carbonyl (C=O) groups excluding carboxylic acids is 1. The van der Waals surface area contributed by atoms with Gasteiger partial charge in [-0.2, -0.15) is 0 Å². The van der Waals surface area contributed by atoms with Crippen molar-refractivity contribution in [2.45, 2.75) is 13.0 Å². The third kappa shape index (κ3) is 3.78. The van der Waals surface area contributed by atoms with Gasteiger partial charge in [0, 0.05) is 39.6 Å². The molecule has 1 aromatic heterocycles. The van der Waals surface area contributed by atoms with Crippen LogP contribution in [0.5, 0.6) is 5.75 Å². The average molecular weight is 312 g/mol. The van der Waals surface area contributed by atoms with E-state index in [1.807, 2.05) is 30.3 Å². The van der Waals surface area contributed by atoms with Crippen LogP contribution in [0.15, 0.2) is 42.7 Å². The summed E-state index contributed by atoms with van der Waals surface area (Å²) in [6.45, 7) is 1.69. The maximum Gasteiger partial charge on any atom is 0.414 e. The summed E-state index contributed by atoms with van der Waals surface area (Å²) in [5.74, 6) is 0.595. The molecule has 6 nitrogen and oxygen atoms in total. The highest BCUT2D eigenvalue weighted by molar-refractivity contribution is 5.70. The highest BCUT2D eigenvalue weighted by atomic mass is 16.6. The molecule has 1 aromatic carbocycles. The summed E-state index contributed by atoms with van der Waals surface area (Å²) < 4.78 is 5.32. The topological polar surface area (TPSA) is 57.7 Å². The Labute approximate surface area is 135 Å². The summed E-state index contributed by atoms with van der Waals surface area (Å²) in [5, 5.41) is 2.17. The van der Waals surface area contributed by atoms with Gasteiger partial charge in [-0.15, -0.1) is 0 Å². The summed E-state index contributed by atoms with van der Waals surface area (Å²) in [6, 6.07) is 9.71. The van der Waals surface area contributed by atoms with Crippen LogP contribution in [0.2, 0.25) is 0 Å². The molecule has 0 unspecified atom stereocenters. The Kier molecular flexibility index (Phi) is 4.43. The molecule has 3 rings (SSSR count). The highest BCUT2D eigenvalue weighted by Gasteiger charge is 2.17. The van der Waals surface area contributed by atoms with Crippen LogP contribution in [0, 0.1) is 0 Å². The molecule has 1 N–H and O–H groups in total. The number of hydrazine groups is 1. The number of aromatic nitrogens is 1. The molecular formula is C17H20N4O2. The maximum absolute atomic E-state index is 11.6. The van der Waals surface area contributed by atoms with Gasteiger partial charge in [-0.3, -0.25) is 4.98 Å². The number of pyridine rings is 1. The van der Waals surface area contributed by atoms with Gasteiger partial charge >= 0.3 is 6.09 Å². The van der Waals surface area contributed by atoms with E-state index in [-0.39, 0.29) is 6.09 Å². The number of hydrogen-bond donors (Lipinski definition) is 1. The van der Waals surface area contributed by atoms with Crippen molar-refractivity contribution in [1.82, 2.24) is 14.9 Å². The minimum absolute atomic E-state index is 0.360. The van der Waals surface area contributed by atoms with Gasteiger partial charge in [0.15, 0.2) is 0 Å². The lowest BCUT2D eigenvalue weighted by atomic mass is 10.0. The van der Waals surface area contributed by atoms with Crippen LogP contribution in [-0.4, -0.2) is 41.6 Å². The fourth-order valence-electron chi connectivity index (χ4n) is 2.49. The van der Waals surface area contributed by atoms with E-state index in [0.717, 1.165) is 25.2 Å². The number of amides is 1. The molecule has 1 amide bonds. The maximum atomic E-state index is 11.6.